The minimum atomic E-state index is -0.530. The normalized spacial score (nSPS) is 15.5. The lowest BCUT2D eigenvalue weighted by atomic mass is 9.94. The molecule has 152 valence electrons. The Hall–Kier alpha value is -3.54. The molecule has 2 aromatic carbocycles. The first-order valence-corrected chi connectivity index (χ1v) is 9.93. The number of anilines is 1. The van der Waals surface area contributed by atoms with Crippen LogP contribution < -0.4 is 19.5 Å². The van der Waals surface area contributed by atoms with Crippen molar-refractivity contribution in [2.45, 2.75) is 25.2 Å². The Morgan fingerprint density at radius 3 is 2.60 bits per heavy atom. The second-order valence-electron chi connectivity index (χ2n) is 7.63. The Kier molecular flexibility index (Phi) is 4.35. The van der Waals surface area contributed by atoms with Gasteiger partial charge in [-0.2, -0.15) is 0 Å². The number of aromatic nitrogens is 1. The Morgan fingerprint density at radius 2 is 1.83 bits per heavy atom. The van der Waals surface area contributed by atoms with Crippen molar-refractivity contribution in [3.05, 3.63) is 65.9 Å². The quantitative estimate of drug-likeness (QED) is 0.682. The summed E-state index contributed by atoms with van der Waals surface area (Å²) in [6, 6.07) is 17.4. The molecule has 6 heteroatoms. The second kappa shape index (κ2) is 7.06. The monoisotopic (exact) mass is 402 g/mol. The predicted molar refractivity (Wildman–Crippen MR) is 113 cm³/mol. The van der Waals surface area contributed by atoms with Crippen molar-refractivity contribution < 1.29 is 19.0 Å². The fourth-order valence-corrected chi connectivity index (χ4v) is 3.98. The maximum Gasteiger partial charge on any atom is 0.236 e. The van der Waals surface area contributed by atoms with E-state index in [1.54, 1.807) is 7.11 Å². The van der Waals surface area contributed by atoms with Crippen LogP contribution in [-0.4, -0.2) is 24.8 Å². The highest BCUT2D eigenvalue weighted by Crippen LogP contribution is 2.51. The maximum absolute atomic E-state index is 13.1. The summed E-state index contributed by atoms with van der Waals surface area (Å²) in [4.78, 5) is 17.7. The zero-order valence-electron chi connectivity index (χ0n) is 16.9. The van der Waals surface area contributed by atoms with Gasteiger partial charge in [0.2, 0.25) is 12.7 Å². The topological polar surface area (TPSA) is 69.7 Å². The van der Waals surface area contributed by atoms with E-state index in [4.69, 9.17) is 14.2 Å². The number of carbonyl (C=O) groups excluding carboxylic acids is 1. The summed E-state index contributed by atoms with van der Waals surface area (Å²) in [5.41, 5.74) is 3.19. The molecule has 1 N–H and O–H groups in total. The predicted octanol–water partition coefficient (Wildman–Crippen LogP) is 4.46. The molecule has 0 saturated heterocycles. The summed E-state index contributed by atoms with van der Waals surface area (Å²) in [5, 5.41) is 3.01. The number of hydrogen-bond donors (Lipinski definition) is 1. The third-order valence-corrected chi connectivity index (χ3v) is 5.83. The molecule has 0 atom stereocenters. The Bertz CT molecular complexity index is 1140. The number of rotatable bonds is 5. The van der Waals surface area contributed by atoms with Crippen molar-refractivity contribution in [2.75, 3.05) is 19.2 Å². The Morgan fingerprint density at radius 1 is 1.03 bits per heavy atom. The van der Waals surface area contributed by atoms with Gasteiger partial charge in [0, 0.05) is 16.8 Å². The highest BCUT2D eigenvalue weighted by Gasteiger charge is 2.51. The SMILES string of the molecule is COc1ccccc1-c1ccc(NC(=O)C2(c3ccc4c(c3)OCO4)CC2)nc1C. The fourth-order valence-electron chi connectivity index (χ4n) is 3.98. The van der Waals surface area contributed by atoms with Crippen LogP contribution in [0.5, 0.6) is 17.2 Å². The molecule has 1 aliphatic carbocycles. The summed E-state index contributed by atoms with van der Waals surface area (Å²) >= 11 is 0. The number of benzene rings is 2. The molecule has 2 heterocycles. The molecule has 5 rings (SSSR count). The van der Waals surface area contributed by atoms with E-state index in [2.05, 4.69) is 10.3 Å². The van der Waals surface area contributed by atoms with E-state index in [1.807, 2.05) is 61.5 Å². The van der Waals surface area contributed by atoms with Gasteiger partial charge >= 0.3 is 0 Å². The number of methoxy groups -OCH3 is 1. The van der Waals surface area contributed by atoms with E-state index in [1.165, 1.54) is 0 Å². The molecular formula is C24H22N2O4. The lowest BCUT2D eigenvalue weighted by Crippen LogP contribution is -2.28. The number of nitrogens with zero attached hydrogens (tertiary/aromatic N) is 1. The summed E-state index contributed by atoms with van der Waals surface area (Å²) in [7, 11) is 1.65. The molecule has 2 aliphatic rings. The van der Waals surface area contributed by atoms with Gasteiger partial charge in [-0.15, -0.1) is 0 Å². The van der Waals surface area contributed by atoms with Gasteiger partial charge < -0.3 is 19.5 Å². The van der Waals surface area contributed by atoms with Gasteiger partial charge in [-0.1, -0.05) is 24.3 Å². The number of nitrogens with one attached hydrogen (secondary N) is 1. The lowest BCUT2D eigenvalue weighted by Gasteiger charge is -2.17. The van der Waals surface area contributed by atoms with E-state index in [9.17, 15) is 4.79 Å². The van der Waals surface area contributed by atoms with Gasteiger partial charge in [0.25, 0.3) is 0 Å². The molecule has 0 unspecified atom stereocenters. The van der Waals surface area contributed by atoms with Crippen molar-refractivity contribution in [1.82, 2.24) is 4.98 Å². The van der Waals surface area contributed by atoms with Crippen LogP contribution in [0.4, 0.5) is 5.82 Å². The molecule has 1 fully saturated rings. The number of hydrogen-bond acceptors (Lipinski definition) is 5. The van der Waals surface area contributed by atoms with Gasteiger partial charge in [-0.25, -0.2) is 4.98 Å². The van der Waals surface area contributed by atoms with Crippen LogP contribution in [-0.2, 0) is 10.2 Å². The largest absolute Gasteiger partial charge is 0.496 e. The number of para-hydroxylation sites is 1. The molecule has 0 radical (unpaired) electrons. The molecule has 1 amide bonds. The molecule has 3 aromatic rings. The van der Waals surface area contributed by atoms with Crippen LogP contribution in [0.25, 0.3) is 11.1 Å². The number of pyridine rings is 1. The average molecular weight is 402 g/mol. The Balaban J connectivity index is 1.38. The highest BCUT2D eigenvalue weighted by molar-refractivity contribution is 6.01. The van der Waals surface area contributed by atoms with Crippen molar-refractivity contribution in [3.63, 3.8) is 0 Å². The summed E-state index contributed by atoms with van der Waals surface area (Å²) in [6.45, 7) is 2.15. The van der Waals surface area contributed by atoms with E-state index in [-0.39, 0.29) is 12.7 Å². The van der Waals surface area contributed by atoms with Crippen LogP contribution in [0.15, 0.2) is 54.6 Å². The molecule has 30 heavy (non-hydrogen) atoms. The first-order valence-electron chi connectivity index (χ1n) is 9.93. The number of fused-ring (bicyclic) bond motifs is 1. The maximum atomic E-state index is 13.1. The summed E-state index contributed by atoms with van der Waals surface area (Å²) < 4.78 is 16.3. The highest BCUT2D eigenvalue weighted by atomic mass is 16.7. The minimum Gasteiger partial charge on any atom is -0.496 e. The first-order chi connectivity index (χ1) is 14.6. The Labute approximate surface area is 174 Å². The van der Waals surface area contributed by atoms with E-state index < -0.39 is 5.41 Å². The minimum absolute atomic E-state index is 0.0432. The van der Waals surface area contributed by atoms with Gasteiger partial charge in [-0.05, 0) is 55.7 Å². The average Bonchev–Trinajstić information content (AvgIpc) is 3.45. The molecule has 0 bridgehead atoms. The number of amides is 1. The van der Waals surface area contributed by atoms with Gasteiger partial charge in [0.15, 0.2) is 11.5 Å². The molecule has 1 aliphatic heterocycles. The number of aryl methyl sites for hydroxylation is 1. The molecule has 1 aromatic heterocycles. The van der Waals surface area contributed by atoms with Crippen molar-refractivity contribution in [3.8, 4) is 28.4 Å². The first kappa shape index (κ1) is 18.5. The van der Waals surface area contributed by atoms with Crippen LogP contribution in [0, 0.1) is 6.92 Å². The molecule has 6 nitrogen and oxygen atoms in total. The van der Waals surface area contributed by atoms with Crippen molar-refractivity contribution >= 4 is 11.7 Å². The lowest BCUT2D eigenvalue weighted by molar-refractivity contribution is -0.118. The van der Waals surface area contributed by atoms with E-state index >= 15 is 0 Å². The van der Waals surface area contributed by atoms with Crippen molar-refractivity contribution in [1.29, 1.82) is 0 Å². The third kappa shape index (κ3) is 3.05. The van der Waals surface area contributed by atoms with Gasteiger partial charge in [-0.3, -0.25) is 4.79 Å². The fraction of sp³-hybridized carbons (Fsp3) is 0.250. The van der Waals surface area contributed by atoms with E-state index in [0.717, 1.165) is 46.7 Å². The molecule has 0 spiro atoms. The van der Waals surface area contributed by atoms with Crippen LogP contribution in [0.3, 0.4) is 0 Å². The zero-order chi connectivity index (χ0) is 20.7. The standard InChI is InChI=1S/C24H22N2O4/c1-15-17(18-5-3-4-6-19(18)28-2)8-10-22(25-15)26-23(27)24(11-12-24)16-7-9-20-21(13-16)30-14-29-20/h3-10,13H,11-12,14H2,1-2H3,(H,25,26,27). The van der Waals surface area contributed by atoms with Crippen LogP contribution >= 0.6 is 0 Å². The number of carbonyl (C=O) groups is 1. The molecule has 1 saturated carbocycles. The number of ether oxygens (including phenoxy) is 3. The second-order valence-corrected chi connectivity index (χ2v) is 7.63. The summed E-state index contributed by atoms with van der Waals surface area (Å²) in [6.07, 6.45) is 1.60. The zero-order valence-corrected chi connectivity index (χ0v) is 16.9. The molecular weight excluding hydrogens is 380 g/mol. The third-order valence-electron chi connectivity index (χ3n) is 5.83. The van der Waals surface area contributed by atoms with Crippen molar-refractivity contribution in [2.24, 2.45) is 0 Å². The van der Waals surface area contributed by atoms with Crippen LogP contribution in [0.2, 0.25) is 0 Å². The summed E-state index contributed by atoms with van der Waals surface area (Å²) in [5.74, 6) is 2.71. The van der Waals surface area contributed by atoms with Gasteiger partial charge in [0.05, 0.1) is 12.5 Å². The van der Waals surface area contributed by atoms with Gasteiger partial charge in [0.1, 0.15) is 11.6 Å². The smallest absolute Gasteiger partial charge is 0.236 e. The van der Waals surface area contributed by atoms with E-state index in [0.29, 0.717) is 11.6 Å². The van der Waals surface area contributed by atoms with Crippen LogP contribution in [0.1, 0.15) is 24.1 Å².